The van der Waals surface area contributed by atoms with Gasteiger partial charge in [-0.1, -0.05) is 23.2 Å². The maximum atomic E-state index is 10.7. The molecule has 0 aliphatic heterocycles. The first kappa shape index (κ1) is 10.7. The van der Waals surface area contributed by atoms with E-state index in [9.17, 15) is 13.2 Å². The number of carbonyl (C=O) groups is 1. The van der Waals surface area contributed by atoms with E-state index < -0.39 is 26.0 Å². The summed E-state index contributed by atoms with van der Waals surface area (Å²) < 4.78 is 20.9. The summed E-state index contributed by atoms with van der Waals surface area (Å²) >= 11 is 10.0. The third-order valence-corrected chi connectivity index (χ3v) is 2.34. The Morgan fingerprint density at radius 3 is 2.18 bits per heavy atom. The van der Waals surface area contributed by atoms with Crippen molar-refractivity contribution in [3.63, 3.8) is 0 Å². The third kappa shape index (κ3) is 6.15. The minimum atomic E-state index is -3.74. The Morgan fingerprint density at radius 1 is 1.45 bits per heavy atom. The first-order chi connectivity index (χ1) is 4.83. The molecule has 0 fully saturated rings. The Balaban J connectivity index is 4.51. The highest BCUT2D eigenvalue weighted by Crippen LogP contribution is 2.09. The van der Waals surface area contributed by atoms with E-state index in [1.54, 1.807) is 0 Å². The van der Waals surface area contributed by atoms with Gasteiger partial charge >= 0.3 is 0 Å². The average molecular weight is 217 g/mol. The second-order valence-electron chi connectivity index (χ2n) is 1.64. The molecule has 0 aromatic rings. The Morgan fingerprint density at radius 2 is 1.91 bits per heavy atom. The van der Waals surface area contributed by atoms with Crippen LogP contribution in [0.4, 0.5) is 0 Å². The summed E-state index contributed by atoms with van der Waals surface area (Å²) in [7, 11) is -3.74. The van der Waals surface area contributed by atoms with Crippen molar-refractivity contribution in [1.29, 1.82) is 0 Å². The molecule has 11 heavy (non-hydrogen) atoms. The molecule has 7 heteroatoms. The third-order valence-electron chi connectivity index (χ3n) is 0.601. The van der Waals surface area contributed by atoms with E-state index in [1.807, 2.05) is 0 Å². The number of hydrogen-bond acceptors (Lipinski definition) is 3. The minimum Gasteiger partial charge on any atom is -0.272 e. The van der Waals surface area contributed by atoms with Crippen molar-refractivity contribution in [3.05, 3.63) is 9.90 Å². The fourth-order valence-electron chi connectivity index (χ4n) is 0.360. The van der Waals surface area contributed by atoms with Crippen LogP contribution in [0.1, 0.15) is 0 Å². The van der Waals surface area contributed by atoms with E-state index in [-0.39, 0.29) is 0 Å². The van der Waals surface area contributed by atoms with E-state index in [0.29, 0.717) is 5.41 Å². The number of amides is 1. The van der Waals surface area contributed by atoms with Gasteiger partial charge in [0.2, 0.25) is 0 Å². The highest BCUT2D eigenvalue weighted by Gasteiger charge is 2.11. The predicted molar refractivity (Wildman–Crippen MR) is 41.7 cm³/mol. The van der Waals surface area contributed by atoms with Crippen LogP contribution in [0, 0.1) is 0 Å². The summed E-state index contributed by atoms with van der Waals surface area (Å²) in [4.78, 5) is 10.0. The van der Waals surface area contributed by atoms with Gasteiger partial charge in [-0.2, -0.15) is 0 Å². The van der Waals surface area contributed by atoms with Crippen molar-refractivity contribution in [2.24, 2.45) is 0 Å². The van der Waals surface area contributed by atoms with E-state index in [1.165, 1.54) is 0 Å². The number of hydrogen-bond donors (Lipinski definition) is 0. The zero-order chi connectivity index (χ0) is 9.07. The lowest BCUT2D eigenvalue weighted by atomic mass is 10.8. The van der Waals surface area contributed by atoms with Crippen LogP contribution >= 0.6 is 23.2 Å². The van der Waals surface area contributed by atoms with Gasteiger partial charge in [-0.25, -0.2) is 8.42 Å². The van der Waals surface area contributed by atoms with Gasteiger partial charge in [0, 0.05) is 0 Å². The molecular formula is C4H4Cl2NO3S. The Hall–Kier alpha value is -0.260. The first-order valence-corrected chi connectivity index (χ1v) is 4.80. The molecule has 0 aromatic heterocycles. The SMILES string of the molecule is [NH]C(=O)CS(=O)(=O)C=C(Cl)Cl. The van der Waals surface area contributed by atoms with Gasteiger partial charge in [0.1, 0.15) is 10.2 Å². The van der Waals surface area contributed by atoms with Gasteiger partial charge in [-0.15, -0.1) is 0 Å². The normalized spacial score (nSPS) is 10.7. The highest BCUT2D eigenvalue weighted by atomic mass is 35.5. The molecule has 0 saturated carbocycles. The van der Waals surface area contributed by atoms with Crippen LogP contribution in [-0.4, -0.2) is 20.1 Å². The van der Waals surface area contributed by atoms with Crippen molar-refractivity contribution in [3.8, 4) is 0 Å². The van der Waals surface area contributed by atoms with Gasteiger partial charge in [-0.3, -0.25) is 10.5 Å². The lowest BCUT2D eigenvalue weighted by Crippen LogP contribution is -2.13. The molecule has 0 rings (SSSR count). The molecule has 0 atom stereocenters. The van der Waals surface area contributed by atoms with Crippen molar-refractivity contribution >= 4 is 38.9 Å². The molecule has 4 nitrogen and oxygen atoms in total. The highest BCUT2D eigenvalue weighted by molar-refractivity contribution is 7.95. The Labute approximate surface area is 73.9 Å². The van der Waals surface area contributed by atoms with Crippen LogP contribution < -0.4 is 5.73 Å². The van der Waals surface area contributed by atoms with Gasteiger partial charge in [0.05, 0.1) is 5.41 Å². The standard InChI is InChI=1S/C4H4Cl2NO3S/c5-3(6)1-11(9,10)2-4(7)8/h1,7H,2H2. The van der Waals surface area contributed by atoms with Crippen LogP contribution in [0.5, 0.6) is 0 Å². The molecule has 0 bridgehead atoms. The molecule has 0 aliphatic rings. The average Bonchev–Trinajstić information content (AvgIpc) is 1.53. The fourth-order valence-corrected chi connectivity index (χ4v) is 1.89. The van der Waals surface area contributed by atoms with Crippen LogP contribution in [0.3, 0.4) is 0 Å². The monoisotopic (exact) mass is 216 g/mol. The molecular weight excluding hydrogens is 213 g/mol. The first-order valence-electron chi connectivity index (χ1n) is 2.33. The molecule has 0 spiro atoms. The largest absolute Gasteiger partial charge is 0.272 e. The van der Waals surface area contributed by atoms with Crippen molar-refractivity contribution in [2.75, 3.05) is 5.75 Å². The minimum absolute atomic E-state index is 0.453. The maximum Gasteiger partial charge on any atom is 0.253 e. The van der Waals surface area contributed by atoms with Crippen LogP contribution in [0.25, 0.3) is 0 Å². The van der Waals surface area contributed by atoms with Crippen LogP contribution in [0.2, 0.25) is 0 Å². The summed E-state index contributed by atoms with van der Waals surface area (Å²) in [5.74, 6) is -2.09. The fraction of sp³-hybridized carbons (Fsp3) is 0.250. The second-order valence-corrected chi connectivity index (χ2v) is 4.50. The summed E-state index contributed by atoms with van der Waals surface area (Å²) in [6, 6.07) is 0. The summed E-state index contributed by atoms with van der Waals surface area (Å²) in [5, 5.41) is 0.530. The smallest absolute Gasteiger partial charge is 0.253 e. The predicted octanol–water partition coefficient (Wildman–Crippen LogP) is 0.487. The number of halogens is 2. The Kier molecular flexibility index (Phi) is 3.85. The zero-order valence-electron chi connectivity index (χ0n) is 5.17. The number of rotatable bonds is 3. The van der Waals surface area contributed by atoms with Crippen molar-refractivity contribution in [2.45, 2.75) is 0 Å². The number of carbonyl (C=O) groups excluding carboxylic acids is 1. The topological polar surface area (TPSA) is 75.0 Å². The summed E-state index contributed by atoms with van der Waals surface area (Å²) in [6.07, 6.45) is 0. The van der Waals surface area contributed by atoms with E-state index >= 15 is 0 Å². The quantitative estimate of drug-likeness (QED) is 0.690. The Bertz CT molecular complexity index is 278. The molecule has 63 valence electrons. The molecule has 0 saturated heterocycles. The number of sulfone groups is 1. The lowest BCUT2D eigenvalue weighted by Gasteiger charge is -1.91. The lowest BCUT2D eigenvalue weighted by molar-refractivity contribution is -0.116. The summed E-state index contributed by atoms with van der Waals surface area (Å²) in [5.41, 5.74) is 6.34. The maximum absolute atomic E-state index is 10.7. The van der Waals surface area contributed by atoms with Gasteiger partial charge < -0.3 is 0 Å². The molecule has 1 N–H and O–H groups in total. The van der Waals surface area contributed by atoms with Gasteiger partial charge in [0.15, 0.2) is 9.84 Å². The van der Waals surface area contributed by atoms with Crippen molar-refractivity contribution in [1.82, 2.24) is 5.73 Å². The van der Waals surface area contributed by atoms with Crippen LogP contribution in [0.15, 0.2) is 9.90 Å². The van der Waals surface area contributed by atoms with E-state index in [0.717, 1.165) is 0 Å². The van der Waals surface area contributed by atoms with Crippen LogP contribution in [-0.2, 0) is 14.6 Å². The van der Waals surface area contributed by atoms with E-state index in [4.69, 9.17) is 28.9 Å². The summed E-state index contributed by atoms with van der Waals surface area (Å²) in [6.45, 7) is 0. The molecule has 0 aromatic carbocycles. The second kappa shape index (κ2) is 3.94. The van der Waals surface area contributed by atoms with Crippen molar-refractivity contribution < 1.29 is 13.2 Å². The molecule has 1 radical (unpaired) electrons. The number of nitrogens with one attached hydrogen (secondary N) is 1. The van der Waals surface area contributed by atoms with Gasteiger partial charge in [-0.05, 0) is 0 Å². The molecule has 0 aliphatic carbocycles. The molecule has 0 heterocycles. The van der Waals surface area contributed by atoms with E-state index in [2.05, 4.69) is 0 Å². The van der Waals surface area contributed by atoms with Gasteiger partial charge in [0.25, 0.3) is 5.91 Å². The molecule has 0 unspecified atom stereocenters. The zero-order valence-corrected chi connectivity index (χ0v) is 7.50. The molecule has 1 amide bonds.